The molecule has 4 N–H and O–H groups in total. The van der Waals surface area contributed by atoms with Gasteiger partial charge in [-0.05, 0) is 32.8 Å². The Morgan fingerprint density at radius 2 is 1.74 bits per heavy atom. The molecule has 0 radical (unpaired) electrons. The smallest absolute Gasteiger partial charge is 0.200 e. The molecule has 0 spiro atoms. The van der Waals surface area contributed by atoms with Crippen LogP contribution in [0.2, 0.25) is 0 Å². The Balaban J connectivity index is 2.04. The molecule has 106 valence electrons. The van der Waals surface area contributed by atoms with Gasteiger partial charge in [-0.25, -0.2) is 5.01 Å². The molecule has 0 aromatic heterocycles. The minimum absolute atomic E-state index is 0.259. The average molecular weight is 266 g/mol. The third kappa shape index (κ3) is 2.93. The lowest BCUT2D eigenvalue weighted by Crippen LogP contribution is -2.51. The normalized spacial score (nSPS) is 24.5. The molecule has 0 bridgehead atoms. The molecule has 2 atom stereocenters. The Morgan fingerprint density at radius 1 is 1.11 bits per heavy atom. The highest BCUT2D eigenvalue weighted by Crippen LogP contribution is 2.37. The summed E-state index contributed by atoms with van der Waals surface area (Å²) in [5.74, 6) is -1.02. The minimum Gasteiger partial charge on any atom is -0.504 e. The van der Waals surface area contributed by atoms with Crippen LogP contribution in [-0.4, -0.2) is 32.4 Å². The van der Waals surface area contributed by atoms with E-state index in [2.05, 4.69) is 24.3 Å². The number of nitrogens with zero attached hydrogens (tertiary/aromatic N) is 1. The molecule has 1 saturated heterocycles. The van der Waals surface area contributed by atoms with Gasteiger partial charge in [-0.2, -0.15) is 0 Å². The maximum Gasteiger partial charge on any atom is 0.200 e. The summed E-state index contributed by atoms with van der Waals surface area (Å²) in [5.41, 5.74) is 3.88. The molecule has 5 nitrogen and oxygen atoms in total. The summed E-state index contributed by atoms with van der Waals surface area (Å²) >= 11 is 0. The fourth-order valence-electron chi connectivity index (χ4n) is 2.66. The Bertz CT molecular complexity index is 441. The maximum atomic E-state index is 9.77. The van der Waals surface area contributed by atoms with E-state index in [9.17, 15) is 15.3 Å². The molecule has 1 aromatic rings. The van der Waals surface area contributed by atoms with Gasteiger partial charge in [0.25, 0.3) is 0 Å². The van der Waals surface area contributed by atoms with Crippen molar-refractivity contribution in [3.8, 4) is 17.2 Å². The first-order valence-electron chi connectivity index (χ1n) is 6.75. The van der Waals surface area contributed by atoms with Crippen LogP contribution in [0.1, 0.15) is 38.7 Å². The van der Waals surface area contributed by atoms with Gasteiger partial charge < -0.3 is 15.3 Å². The van der Waals surface area contributed by atoms with E-state index in [1.807, 2.05) is 0 Å². The van der Waals surface area contributed by atoms with Gasteiger partial charge in [0, 0.05) is 24.2 Å². The monoisotopic (exact) mass is 266 g/mol. The molecule has 1 aromatic carbocycles. The summed E-state index contributed by atoms with van der Waals surface area (Å²) < 4.78 is 0. The second-order valence-electron chi connectivity index (χ2n) is 5.31. The first-order chi connectivity index (χ1) is 9.00. The Kier molecular flexibility index (Phi) is 4.17. The number of phenols is 3. The van der Waals surface area contributed by atoms with Crippen LogP contribution in [0.5, 0.6) is 17.2 Å². The van der Waals surface area contributed by atoms with Crippen molar-refractivity contribution < 1.29 is 15.3 Å². The molecule has 1 aliphatic rings. The zero-order chi connectivity index (χ0) is 14.0. The van der Waals surface area contributed by atoms with Gasteiger partial charge in [0.05, 0.1) is 0 Å². The molecule has 1 fully saturated rings. The highest BCUT2D eigenvalue weighted by molar-refractivity contribution is 5.52. The van der Waals surface area contributed by atoms with Crippen molar-refractivity contribution >= 4 is 0 Å². The van der Waals surface area contributed by atoms with Crippen molar-refractivity contribution in [1.82, 2.24) is 10.4 Å². The van der Waals surface area contributed by atoms with Crippen molar-refractivity contribution in [3.05, 3.63) is 17.7 Å². The second kappa shape index (κ2) is 5.67. The van der Waals surface area contributed by atoms with E-state index in [1.165, 1.54) is 12.5 Å². The first kappa shape index (κ1) is 14.0. The number of aromatic hydroxyl groups is 3. The zero-order valence-electron chi connectivity index (χ0n) is 11.4. The SMILES string of the molecule is CC1CCCC(C)N1NCc1ccc(O)c(O)c1O. The van der Waals surface area contributed by atoms with Crippen LogP contribution in [-0.2, 0) is 6.54 Å². The van der Waals surface area contributed by atoms with Gasteiger partial charge in [0.1, 0.15) is 0 Å². The van der Waals surface area contributed by atoms with Crippen LogP contribution in [0.3, 0.4) is 0 Å². The van der Waals surface area contributed by atoms with Gasteiger partial charge >= 0.3 is 0 Å². The Morgan fingerprint density at radius 3 is 2.37 bits per heavy atom. The Hall–Kier alpha value is -1.46. The molecule has 2 rings (SSSR count). The summed E-state index contributed by atoms with van der Waals surface area (Å²) in [6.45, 7) is 4.78. The van der Waals surface area contributed by atoms with Gasteiger partial charge in [-0.1, -0.05) is 12.5 Å². The van der Waals surface area contributed by atoms with E-state index in [0.717, 1.165) is 12.8 Å². The first-order valence-corrected chi connectivity index (χ1v) is 6.75. The molecule has 0 amide bonds. The standard InChI is InChI=1S/C14H22N2O3/c1-9-4-3-5-10(2)16(9)15-8-11-6-7-12(17)14(19)13(11)18/h6-7,9-10,15,17-19H,3-5,8H2,1-2H3. The number of benzene rings is 1. The fraction of sp³-hybridized carbons (Fsp3) is 0.571. The van der Waals surface area contributed by atoms with Crippen molar-refractivity contribution in [2.24, 2.45) is 0 Å². The number of hydrogen-bond donors (Lipinski definition) is 4. The zero-order valence-corrected chi connectivity index (χ0v) is 11.4. The molecule has 1 aliphatic heterocycles. The lowest BCUT2D eigenvalue weighted by atomic mass is 10.00. The van der Waals surface area contributed by atoms with Gasteiger partial charge in [-0.3, -0.25) is 5.43 Å². The molecule has 0 aliphatic carbocycles. The lowest BCUT2D eigenvalue weighted by molar-refractivity contribution is 0.0432. The fourth-order valence-corrected chi connectivity index (χ4v) is 2.66. The van der Waals surface area contributed by atoms with Crippen molar-refractivity contribution in [2.45, 2.75) is 51.7 Å². The minimum atomic E-state index is -0.459. The summed E-state index contributed by atoms with van der Waals surface area (Å²) in [5, 5.41) is 30.7. The van der Waals surface area contributed by atoms with E-state index in [1.54, 1.807) is 6.07 Å². The van der Waals surface area contributed by atoms with E-state index in [-0.39, 0.29) is 11.5 Å². The van der Waals surface area contributed by atoms with Crippen molar-refractivity contribution in [1.29, 1.82) is 0 Å². The number of rotatable bonds is 3. The van der Waals surface area contributed by atoms with Gasteiger partial charge in [0.2, 0.25) is 5.75 Å². The van der Waals surface area contributed by atoms with Crippen LogP contribution < -0.4 is 5.43 Å². The highest BCUT2D eigenvalue weighted by Gasteiger charge is 2.24. The molecule has 19 heavy (non-hydrogen) atoms. The van der Waals surface area contributed by atoms with Crippen LogP contribution in [0.25, 0.3) is 0 Å². The largest absolute Gasteiger partial charge is 0.504 e. The molecule has 0 saturated carbocycles. The van der Waals surface area contributed by atoms with E-state index >= 15 is 0 Å². The predicted octanol–water partition coefficient (Wildman–Crippen LogP) is 2.07. The van der Waals surface area contributed by atoms with E-state index in [4.69, 9.17) is 0 Å². The molecular formula is C14H22N2O3. The van der Waals surface area contributed by atoms with Gasteiger partial charge in [-0.15, -0.1) is 0 Å². The third-order valence-electron chi connectivity index (χ3n) is 3.86. The Labute approximate surface area is 113 Å². The second-order valence-corrected chi connectivity index (χ2v) is 5.31. The summed E-state index contributed by atoms with van der Waals surface area (Å²) in [6.07, 6.45) is 3.56. The molecule has 2 unspecified atom stereocenters. The predicted molar refractivity (Wildman–Crippen MR) is 72.9 cm³/mol. The number of hydrogen-bond acceptors (Lipinski definition) is 5. The van der Waals surface area contributed by atoms with Crippen LogP contribution >= 0.6 is 0 Å². The third-order valence-corrected chi connectivity index (χ3v) is 3.86. The van der Waals surface area contributed by atoms with Crippen LogP contribution in [0, 0.1) is 0 Å². The number of hydrazine groups is 1. The molecular weight excluding hydrogens is 244 g/mol. The van der Waals surface area contributed by atoms with E-state index < -0.39 is 5.75 Å². The quantitative estimate of drug-likeness (QED) is 0.630. The number of nitrogens with one attached hydrogen (secondary N) is 1. The van der Waals surface area contributed by atoms with E-state index in [0.29, 0.717) is 24.2 Å². The summed E-state index contributed by atoms with van der Waals surface area (Å²) in [7, 11) is 0. The van der Waals surface area contributed by atoms with Gasteiger partial charge in [0.15, 0.2) is 11.5 Å². The van der Waals surface area contributed by atoms with Crippen LogP contribution in [0.15, 0.2) is 12.1 Å². The topological polar surface area (TPSA) is 76.0 Å². The lowest BCUT2D eigenvalue weighted by Gasteiger charge is -2.39. The van der Waals surface area contributed by atoms with Crippen molar-refractivity contribution in [2.75, 3.05) is 0 Å². The van der Waals surface area contributed by atoms with Crippen LogP contribution in [0.4, 0.5) is 0 Å². The molecule has 1 heterocycles. The summed E-state index contributed by atoms with van der Waals surface area (Å²) in [6, 6.07) is 3.90. The molecule has 5 heteroatoms. The number of phenolic OH excluding ortho intramolecular Hbond substituents is 3. The van der Waals surface area contributed by atoms with Crippen molar-refractivity contribution in [3.63, 3.8) is 0 Å². The summed E-state index contributed by atoms with van der Waals surface area (Å²) in [4.78, 5) is 0. The number of piperidine rings is 1. The highest BCUT2D eigenvalue weighted by atomic mass is 16.3. The maximum absolute atomic E-state index is 9.77. The average Bonchev–Trinajstić information content (AvgIpc) is 2.38.